The fraction of sp³-hybridized carbons (Fsp3) is 0.143. The van der Waals surface area contributed by atoms with Crippen molar-refractivity contribution in [2.45, 2.75) is 13.8 Å². The van der Waals surface area contributed by atoms with Crippen LogP contribution < -0.4 is 0 Å². The van der Waals surface area contributed by atoms with Crippen molar-refractivity contribution in [1.82, 2.24) is 15.0 Å². The zero-order valence-corrected chi connectivity index (χ0v) is 10.4. The van der Waals surface area contributed by atoms with Gasteiger partial charge < -0.3 is 5.11 Å². The first-order valence-electron chi connectivity index (χ1n) is 5.77. The molecule has 0 saturated carbocycles. The van der Waals surface area contributed by atoms with Gasteiger partial charge in [-0.05, 0) is 32.1 Å². The molecule has 0 amide bonds. The monoisotopic (exact) mass is 241 g/mol. The number of rotatable bonds is 3. The molecule has 0 unspecified atom stereocenters. The van der Waals surface area contributed by atoms with E-state index >= 15 is 0 Å². The van der Waals surface area contributed by atoms with Crippen molar-refractivity contribution >= 4 is 16.7 Å². The van der Waals surface area contributed by atoms with E-state index in [0.29, 0.717) is 5.70 Å². The highest BCUT2D eigenvalue weighted by Crippen LogP contribution is 2.15. The fourth-order valence-corrected chi connectivity index (χ4v) is 1.61. The van der Waals surface area contributed by atoms with Crippen LogP contribution in [0, 0.1) is 0 Å². The van der Waals surface area contributed by atoms with Gasteiger partial charge >= 0.3 is 0 Å². The minimum atomic E-state index is 0.135. The maximum Gasteiger partial charge on any atom is 0.142 e. The van der Waals surface area contributed by atoms with E-state index in [1.807, 2.05) is 44.2 Å². The van der Waals surface area contributed by atoms with Gasteiger partial charge in [0, 0.05) is 0 Å². The second-order valence-corrected chi connectivity index (χ2v) is 3.73. The minimum absolute atomic E-state index is 0.135. The standard InChI is InChI=1S/C14H15N3O/c1-3-5-10-14(18)13(4-2)17-15-11-8-6-7-9-12(11)16-17/h3-10,18H,1-2H3/b5-3-,13-4+,14-10+. The Kier molecular flexibility index (Phi) is 3.57. The van der Waals surface area contributed by atoms with Gasteiger partial charge in [0.2, 0.25) is 0 Å². The van der Waals surface area contributed by atoms with Gasteiger partial charge in [-0.25, -0.2) is 0 Å². The summed E-state index contributed by atoms with van der Waals surface area (Å²) in [4.78, 5) is 1.44. The first-order chi connectivity index (χ1) is 8.76. The summed E-state index contributed by atoms with van der Waals surface area (Å²) in [5.74, 6) is 0.135. The number of aliphatic hydroxyl groups is 1. The Morgan fingerprint density at radius 3 is 2.28 bits per heavy atom. The lowest BCUT2D eigenvalue weighted by molar-refractivity contribution is 0.428. The van der Waals surface area contributed by atoms with E-state index in [2.05, 4.69) is 10.2 Å². The summed E-state index contributed by atoms with van der Waals surface area (Å²) in [5, 5.41) is 18.6. The number of benzene rings is 1. The van der Waals surface area contributed by atoms with Crippen molar-refractivity contribution in [2.75, 3.05) is 0 Å². The van der Waals surface area contributed by atoms with Crippen molar-refractivity contribution in [2.24, 2.45) is 0 Å². The molecular weight excluding hydrogens is 226 g/mol. The van der Waals surface area contributed by atoms with Crippen molar-refractivity contribution in [3.05, 3.63) is 54.3 Å². The summed E-state index contributed by atoms with van der Waals surface area (Å²) >= 11 is 0. The predicted octanol–water partition coefficient (Wildman–Crippen LogP) is 3.31. The summed E-state index contributed by atoms with van der Waals surface area (Å²) in [7, 11) is 0. The number of hydrogen-bond acceptors (Lipinski definition) is 3. The van der Waals surface area contributed by atoms with Gasteiger partial charge in [-0.2, -0.15) is 0 Å². The summed E-state index contributed by atoms with van der Waals surface area (Å²) in [6.45, 7) is 3.72. The number of hydrogen-bond donors (Lipinski definition) is 1. The minimum Gasteiger partial charge on any atom is -0.506 e. The SMILES string of the molecule is C\C=C/C=C(O)\C(=C/C)n1nc2ccccc2n1. The van der Waals surface area contributed by atoms with Gasteiger partial charge in [0.25, 0.3) is 0 Å². The molecular formula is C14H15N3O. The van der Waals surface area contributed by atoms with Crippen LogP contribution in [0.25, 0.3) is 16.7 Å². The maximum absolute atomic E-state index is 9.96. The van der Waals surface area contributed by atoms with Gasteiger partial charge in [-0.1, -0.05) is 30.4 Å². The van der Waals surface area contributed by atoms with Crippen molar-refractivity contribution < 1.29 is 5.11 Å². The molecule has 4 heteroatoms. The first-order valence-corrected chi connectivity index (χ1v) is 5.77. The molecule has 92 valence electrons. The third kappa shape index (κ3) is 2.32. The van der Waals surface area contributed by atoms with Crippen LogP contribution in [0.3, 0.4) is 0 Å². The van der Waals surface area contributed by atoms with Gasteiger partial charge in [0.1, 0.15) is 22.5 Å². The smallest absolute Gasteiger partial charge is 0.142 e. The third-order valence-electron chi connectivity index (χ3n) is 2.48. The van der Waals surface area contributed by atoms with Crippen LogP contribution in [0.4, 0.5) is 0 Å². The number of aromatic nitrogens is 3. The van der Waals surface area contributed by atoms with Crippen molar-refractivity contribution in [3.63, 3.8) is 0 Å². The highest BCUT2D eigenvalue weighted by Gasteiger charge is 2.08. The fourth-order valence-electron chi connectivity index (χ4n) is 1.61. The molecule has 0 aliphatic rings. The lowest BCUT2D eigenvalue weighted by Gasteiger charge is -2.03. The summed E-state index contributed by atoms with van der Waals surface area (Å²) < 4.78 is 0. The summed E-state index contributed by atoms with van der Waals surface area (Å²) in [6, 6.07) is 7.59. The molecule has 1 N–H and O–H groups in total. The summed E-state index contributed by atoms with van der Waals surface area (Å²) in [5.41, 5.74) is 2.16. The zero-order chi connectivity index (χ0) is 13.0. The Morgan fingerprint density at radius 2 is 1.78 bits per heavy atom. The Bertz CT molecular complexity index is 602. The Morgan fingerprint density at radius 1 is 1.17 bits per heavy atom. The Balaban J connectivity index is 2.45. The molecule has 1 aromatic carbocycles. The van der Waals surface area contributed by atoms with Crippen LogP contribution in [0.5, 0.6) is 0 Å². The molecule has 0 aliphatic heterocycles. The molecule has 2 rings (SSSR count). The quantitative estimate of drug-likeness (QED) is 0.662. The molecule has 2 aromatic rings. The molecule has 0 bridgehead atoms. The van der Waals surface area contributed by atoms with Crippen molar-refractivity contribution in [1.29, 1.82) is 0 Å². The van der Waals surface area contributed by atoms with Gasteiger partial charge in [0.05, 0.1) is 0 Å². The zero-order valence-electron chi connectivity index (χ0n) is 10.4. The molecule has 0 fully saturated rings. The van der Waals surface area contributed by atoms with Crippen LogP contribution in [0.15, 0.2) is 54.3 Å². The Labute approximate surface area is 106 Å². The van der Waals surface area contributed by atoms with Crippen LogP contribution >= 0.6 is 0 Å². The first kappa shape index (κ1) is 12.1. The summed E-state index contributed by atoms with van der Waals surface area (Å²) in [6.07, 6.45) is 7.00. The Hall–Kier alpha value is -2.36. The molecule has 18 heavy (non-hydrogen) atoms. The van der Waals surface area contributed by atoms with Crippen LogP contribution in [-0.4, -0.2) is 20.1 Å². The number of nitrogens with zero attached hydrogens (tertiary/aromatic N) is 3. The van der Waals surface area contributed by atoms with Gasteiger partial charge in [-0.15, -0.1) is 15.0 Å². The van der Waals surface area contributed by atoms with E-state index in [4.69, 9.17) is 0 Å². The molecule has 4 nitrogen and oxygen atoms in total. The molecule has 0 radical (unpaired) electrons. The predicted molar refractivity (Wildman–Crippen MR) is 73.0 cm³/mol. The van der Waals surface area contributed by atoms with Gasteiger partial charge in [0.15, 0.2) is 0 Å². The van der Waals surface area contributed by atoms with E-state index in [-0.39, 0.29) is 5.76 Å². The third-order valence-corrected chi connectivity index (χ3v) is 2.48. The number of allylic oxidation sites excluding steroid dienone is 5. The second kappa shape index (κ2) is 5.31. The lowest BCUT2D eigenvalue weighted by atomic mass is 10.3. The maximum atomic E-state index is 9.96. The number of fused-ring (bicyclic) bond motifs is 1. The van der Waals surface area contributed by atoms with Gasteiger partial charge in [-0.3, -0.25) is 0 Å². The molecule has 1 heterocycles. The topological polar surface area (TPSA) is 50.9 Å². The van der Waals surface area contributed by atoms with E-state index in [1.54, 1.807) is 18.2 Å². The largest absolute Gasteiger partial charge is 0.506 e. The highest BCUT2D eigenvalue weighted by molar-refractivity contribution is 5.74. The average Bonchev–Trinajstić information content (AvgIpc) is 2.80. The molecule has 0 saturated heterocycles. The van der Waals surface area contributed by atoms with Crippen LogP contribution in [-0.2, 0) is 0 Å². The van der Waals surface area contributed by atoms with Crippen LogP contribution in [0.2, 0.25) is 0 Å². The highest BCUT2D eigenvalue weighted by atomic mass is 16.3. The van der Waals surface area contributed by atoms with E-state index in [1.165, 1.54) is 4.80 Å². The van der Waals surface area contributed by atoms with E-state index in [9.17, 15) is 5.11 Å². The molecule has 0 spiro atoms. The lowest BCUT2D eigenvalue weighted by Crippen LogP contribution is -2.03. The average molecular weight is 241 g/mol. The van der Waals surface area contributed by atoms with Crippen LogP contribution in [0.1, 0.15) is 13.8 Å². The molecule has 1 aromatic heterocycles. The second-order valence-electron chi connectivity index (χ2n) is 3.73. The van der Waals surface area contributed by atoms with Crippen molar-refractivity contribution in [3.8, 4) is 0 Å². The molecule has 0 atom stereocenters. The van der Waals surface area contributed by atoms with E-state index < -0.39 is 0 Å². The molecule has 0 aliphatic carbocycles. The number of aliphatic hydroxyl groups excluding tert-OH is 1. The normalized spacial score (nSPS) is 13.7. The van der Waals surface area contributed by atoms with E-state index in [0.717, 1.165) is 11.0 Å².